The van der Waals surface area contributed by atoms with E-state index in [0.29, 0.717) is 18.9 Å². The molecule has 1 N–H and O–H groups in total. The van der Waals surface area contributed by atoms with Crippen molar-refractivity contribution < 1.29 is 14.3 Å². The van der Waals surface area contributed by atoms with Gasteiger partial charge in [-0.15, -0.1) is 0 Å². The number of carbonyl (C=O) groups is 1. The first-order chi connectivity index (χ1) is 13.7. The third-order valence-electron chi connectivity index (χ3n) is 5.94. The molecule has 0 spiro atoms. The van der Waals surface area contributed by atoms with Crippen LogP contribution in [0.1, 0.15) is 51.9 Å². The summed E-state index contributed by atoms with van der Waals surface area (Å²) in [5, 5.41) is 3.42. The summed E-state index contributed by atoms with van der Waals surface area (Å²) < 4.78 is 11.0. The van der Waals surface area contributed by atoms with Crippen LogP contribution in [-0.4, -0.2) is 86.9 Å². The van der Waals surface area contributed by atoms with Crippen molar-refractivity contribution in [2.45, 2.75) is 58.0 Å². The molecule has 0 bridgehead atoms. The van der Waals surface area contributed by atoms with Crippen LogP contribution >= 0.6 is 0 Å². The minimum absolute atomic E-state index is 0.0566. The third kappa shape index (κ3) is 6.92. The fourth-order valence-corrected chi connectivity index (χ4v) is 4.41. The second kappa shape index (κ2) is 11.6. The van der Waals surface area contributed by atoms with Gasteiger partial charge < -0.3 is 19.7 Å². The van der Waals surface area contributed by atoms with E-state index >= 15 is 0 Å². The first kappa shape index (κ1) is 21.4. The van der Waals surface area contributed by atoms with Crippen molar-refractivity contribution in [3.8, 4) is 0 Å². The number of nitrogens with one attached hydrogen (secondary N) is 1. The Labute approximate surface area is 169 Å². The molecule has 160 valence electrons. The minimum atomic E-state index is -0.0566. The average Bonchev–Trinajstić information content (AvgIpc) is 3.37. The van der Waals surface area contributed by atoms with E-state index in [4.69, 9.17) is 14.5 Å². The summed E-state index contributed by atoms with van der Waals surface area (Å²) in [4.78, 5) is 21.6. The second-order valence-corrected chi connectivity index (χ2v) is 8.25. The molecular formula is C21H38N4O3. The highest BCUT2D eigenvalue weighted by atomic mass is 16.5. The van der Waals surface area contributed by atoms with E-state index in [-0.39, 0.29) is 12.1 Å². The van der Waals surface area contributed by atoms with Crippen molar-refractivity contribution in [3.05, 3.63) is 0 Å². The van der Waals surface area contributed by atoms with Gasteiger partial charge in [-0.2, -0.15) is 0 Å². The van der Waals surface area contributed by atoms with Crippen LogP contribution in [0.25, 0.3) is 0 Å². The molecule has 3 fully saturated rings. The van der Waals surface area contributed by atoms with Crippen LogP contribution in [0.2, 0.25) is 0 Å². The van der Waals surface area contributed by atoms with Gasteiger partial charge in [0, 0.05) is 52.2 Å². The Kier molecular flexibility index (Phi) is 8.86. The molecule has 1 unspecified atom stereocenters. The maximum atomic E-state index is 11.9. The van der Waals surface area contributed by atoms with Gasteiger partial charge in [-0.25, -0.2) is 0 Å². The zero-order valence-corrected chi connectivity index (χ0v) is 17.5. The number of morpholine rings is 1. The van der Waals surface area contributed by atoms with Crippen LogP contribution in [0.15, 0.2) is 4.99 Å². The van der Waals surface area contributed by atoms with Gasteiger partial charge >= 0.3 is 5.97 Å². The number of carbonyl (C=O) groups excluding carboxylic acids is 1. The highest BCUT2D eigenvalue weighted by Crippen LogP contribution is 2.21. The largest absolute Gasteiger partial charge is 0.462 e. The van der Waals surface area contributed by atoms with E-state index in [1.807, 2.05) is 0 Å². The monoisotopic (exact) mass is 394 g/mol. The summed E-state index contributed by atoms with van der Waals surface area (Å²) in [5.74, 6) is 1.64. The summed E-state index contributed by atoms with van der Waals surface area (Å²) >= 11 is 0. The Balaban J connectivity index is 1.37. The van der Waals surface area contributed by atoms with Gasteiger partial charge in [0.25, 0.3) is 0 Å². The van der Waals surface area contributed by atoms with Crippen molar-refractivity contribution in [3.63, 3.8) is 0 Å². The quantitative estimate of drug-likeness (QED) is 0.293. The number of hydrogen-bond donors (Lipinski definition) is 1. The van der Waals surface area contributed by atoms with Crippen LogP contribution < -0.4 is 5.32 Å². The molecule has 0 aromatic rings. The van der Waals surface area contributed by atoms with Crippen LogP contribution in [0, 0.1) is 5.92 Å². The molecule has 0 radical (unpaired) electrons. The van der Waals surface area contributed by atoms with E-state index in [2.05, 4.69) is 22.0 Å². The maximum Gasteiger partial charge on any atom is 0.306 e. The molecule has 0 aromatic carbocycles. The number of esters is 1. The topological polar surface area (TPSA) is 66.4 Å². The second-order valence-electron chi connectivity index (χ2n) is 8.25. The summed E-state index contributed by atoms with van der Waals surface area (Å²) in [5.41, 5.74) is 0. The summed E-state index contributed by atoms with van der Waals surface area (Å²) in [6, 6.07) is 0. The zero-order valence-electron chi connectivity index (χ0n) is 17.5. The highest BCUT2D eigenvalue weighted by molar-refractivity contribution is 5.80. The van der Waals surface area contributed by atoms with Gasteiger partial charge in [0.05, 0.1) is 13.2 Å². The number of aliphatic imine (C=N–C) groups is 1. The van der Waals surface area contributed by atoms with Crippen molar-refractivity contribution in [2.24, 2.45) is 10.9 Å². The molecule has 7 nitrogen and oxygen atoms in total. The fourth-order valence-electron chi connectivity index (χ4n) is 4.41. The highest BCUT2D eigenvalue weighted by Gasteiger charge is 2.27. The van der Waals surface area contributed by atoms with Crippen LogP contribution in [0.3, 0.4) is 0 Å². The Morgan fingerprint density at radius 2 is 1.96 bits per heavy atom. The molecule has 7 heteroatoms. The Hall–Kier alpha value is -1.34. The van der Waals surface area contributed by atoms with E-state index in [0.717, 1.165) is 77.7 Å². The van der Waals surface area contributed by atoms with Gasteiger partial charge in [0.2, 0.25) is 0 Å². The predicted octanol–water partition coefficient (Wildman–Crippen LogP) is 1.87. The lowest BCUT2D eigenvalue weighted by atomic mass is 10.1. The van der Waals surface area contributed by atoms with Gasteiger partial charge in [0.1, 0.15) is 6.10 Å². The first-order valence-electron chi connectivity index (χ1n) is 11.3. The van der Waals surface area contributed by atoms with E-state index in [1.54, 1.807) is 0 Å². The lowest BCUT2D eigenvalue weighted by molar-refractivity contribution is -0.148. The van der Waals surface area contributed by atoms with Gasteiger partial charge in [-0.1, -0.05) is 0 Å². The lowest BCUT2D eigenvalue weighted by Gasteiger charge is -2.29. The number of guanidine groups is 1. The molecule has 1 aliphatic carbocycles. The maximum absolute atomic E-state index is 11.9. The molecule has 28 heavy (non-hydrogen) atoms. The van der Waals surface area contributed by atoms with Crippen molar-refractivity contribution in [1.82, 2.24) is 15.1 Å². The van der Waals surface area contributed by atoms with E-state index < -0.39 is 0 Å². The molecule has 2 saturated heterocycles. The number of likely N-dealkylation sites (tertiary alicyclic amines) is 1. The van der Waals surface area contributed by atoms with Gasteiger partial charge in [-0.3, -0.25) is 14.7 Å². The zero-order chi connectivity index (χ0) is 19.6. The summed E-state index contributed by atoms with van der Waals surface area (Å²) in [6.07, 6.45) is 7.07. The fraction of sp³-hybridized carbons (Fsp3) is 0.905. The van der Waals surface area contributed by atoms with E-state index in [9.17, 15) is 4.79 Å². The molecule has 3 aliphatic rings. The number of nitrogens with zero attached hydrogens (tertiary/aromatic N) is 3. The van der Waals surface area contributed by atoms with E-state index in [1.165, 1.54) is 19.3 Å². The van der Waals surface area contributed by atoms with Crippen molar-refractivity contribution in [1.29, 1.82) is 0 Å². The lowest BCUT2D eigenvalue weighted by Crippen LogP contribution is -2.42. The molecular weight excluding hydrogens is 356 g/mol. The molecule has 2 aliphatic heterocycles. The molecule has 1 atom stereocenters. The standard InChI is InChI=1S/C21H38N4O3/c1-2-22-21(23-10-5-8-20(26)28-19-6-3-4-7-19)25-11-9-18(17-25)16-24-12-14-27-15-13-24/h18-19H,2-17H2,1H3,(H,22,23). The van der Waals surface area contributed by atoms with Crippen LogP contribution in [0.5, 0.6) is 0 Å². The van der Waals surface area contributed by atoms with Crippen LogP contribution in [-0.2, 0) is 14.3 Å². The Morgan fingerprint density at radius 3 is 2.71 bits per heavy atom. The molecule has 0 amide bonds. The van der Waals surface area contributed by atoms with Crippen molar-refractivity contribution in [2.75, 3.05) is 59.0 Å². The number of rotatable bonds is 8. The number of ether oxygens (including phenoxy) is 2. The minimum Gasteiger partial charge on any atom is -0.462 e. The predicted molar refractivity (Wildman–Crippen MR) is 110 cm³/mol. The molecule has 3 rings (SSSR count). The summed E-state index contributed by atoms with van der Waals surface area (Å²) in [6.45, 7) is 10.8. The normalized spacial score (nSPS) is 24.7. The average molecular weight is 395 g/mol. The molecule has 1 saturated carbocycles. The van der Waals surface area contributed by atoms with Crippen molar-refractivity contribution >= 4 is 11.9 Å². The third-order valence-corrected chi connectivity index (χ3v) is 5.94. The smallest absolute Gasteiger partial charge is 0.306 e. The van der Waals surface area contributed by atoms with Gasteiger partial charge in [0.15, 0.2) is 5.96 Å². The SMILES string of the molecule is CCNC(=NCCCC(=O)OC1CCCC1)N1CCC(CN2CCOCC2)C1. The molecule has 0 aromatic heterocycles. The first-order valence-corrected chi connectivity index (χ1v) is 11.3. The number of hydrogen-bond acceptors (Lipinski definition) is 5. The summed E-state index contributed by atoms with van der Waals surface area (Å²) in [7, 11) is 0. The molecule has 2 heterocycles. The Bertz CT molecular complexity index is 502. The van der Waals surface area contributed by atoms with Gasteiger partial charge in [-0.05, 0) is 51.4 Å². The van der Waals surface area contributed by atoms with Crippen LogP contribution in [0.4, 0.5) is 0 Å². The Morgan fingerprint density at radius 1 is 1.18 bits per heavy atom.